The van der Waals surface area contributed by atoms with Crippen LogP contribution in [0, 0.1) is 35.2 Å². The van der Waals surface area contributed by atoms with Crippen molar-refractivity contribution in [3.05, 3.63) is 70.8 Å². The second-order valence-electron chi connectivity index (χ2n) is 9.76. The molecule has 2 aromatic carbocycles. The summed E-state index contributed by atoms with van der Waals surface area (Å²) in [6.07, 6.45) is 7.11. The summed E-state index contributed by atoms with van der Waals surface area (Å²) < 4.78 is 67.8. The van der Waals surface area contributed by atoms with E-state index in [4.69, 9.17) is 11.6 Å². The van der Waals surface area contributed by atoms with Crippen molar-refractivity contribution in [3.8, 4) is 0 Å². The van der Waals surface area contributed by atoms with Crippen LogP contribution in [0.25, 0.3) is 0 Å². The SMILES string of the molecule is CN1C=CNC1[C@@H]1CC2CCC1C[C@@H]2S(=O)(=O)c1cc(C(=O)Nc2cc(F)c(F)c(F)c2)ccc1Cl. The van der Waals surface area contributed by atoms with Gasteiger partial charge in [-0.3, -0.25) is 4.79 Å². The van der Waals surface area contributed by atoms with E-state index in [-0.39, 0.29) is 39.2 Å². The molecule has 0 radical (unpaired) electrons. The molecular formula is C25H25ClF3N3O3S. The Morgan fingerprint density at radius 1 is 1.08 bits per heavy atom. The summed E-state index contributed by atoms with van der Waals surface area (Å²) in [6.45, 7) is 0. The van der Waals surface area contributed by atoms with Gasteiger partial charge in [0.25, 0.3) is 5.91 Å². The van der Waals surface area contributed by atoms with E-state index in [2.05, 4.69) is 15.5 Å². The standard InChI is InChI=1S/C25H25ClF3N3O3S/c1-32-7-6-30-24(32)17-8-14-3-2-13(17)9-21(14)36(34,35)22-10-15(4-5-18(22)26)25(33)31-16-11-19(27)23(29)20(28)12-16/h4-7,10-14,17,21,24,30H,2-3,8-9H2,1H3,(H,31,33)/t13?,14?,17-,21+,24?/m1/s1. The number of hydrogen-bond donors (Lipinski definition) is 2. The predicted molar refractivity (Wildman–Crippen MR) is 129 cm³/mol. The predicted octanol–water partition coefficient (Wildman–Crippen LogP) is 4.92. The molecule has 3 aliphatic carbocycles. The summed E-state index contributed by atoms with van der Waals surface area (Å²) in [6, 6.07) is 5.13. The Morgan fingerprint density at radius 3 is 2.39 bits per heavy atom. The Kier molecular flexibility index (Phi) is 6.45. The third-order valence-electron chi connectivity index (χ3n) is 7.71. The lowest BCUT2D eigenvalue weighted by molar-refractivity contribution is 0.0452. The molecule has 5 atom stereocenters. The highest BCUT2D eigenvalue weighted by atomic mass is 35.5. The Labute approximate surface area is 212 Å². The van der Waals surface area contributed by atoms with Gasteiger partial charge in [-0.25, -0.2) is 21.6 Å². The molecule has 1 heterocycles. The van der Waals surface area contributed by atoms with E-state index in [1.54, 1.807) is 0 Å². The van der Waals surface area contributed by atoms with Gasteiger partial charge in [0, 0.05) is 48.7 Å². The number of fused-ring (bicyclic) bond motifs is 3. The molecule has 36 heavy (non-hydrogen) atoms. The van der Waals surface area contributed by atoms with Crippen molar-refractivity contribution in [2.75, 3.05) is 12.4 Å². The van der Waals surface area contributed by atoms with Crippen molar-refractivity contribution in [2.24, 2.45) is 17.8 Å². The molecule has 3 fully saturated rings. The summed E-state index contributed by atoms with van der Waals surface area (Å²) in [7, 11) is -1.86. The summed E-state index contributed by atoms with van der Waals surface area (Å²) in [5.74, 6) is -4.82. The lowest BCUT2D eigenvalue weighted by Gasteiger charge is -2.49. The molecule has 6 nitrogen and oxygen atoms in total. The second-order valence-corrected chi connectivity index (χ2v) is 12.3. The Balaban J connectivity index is 1.38. The number of carbonyl (C=O) groups is 1. The fourth-order valence-corrected chi connectivity index (χ4v) is 8.59. The van der Waals surface area contributed by atoms with Gasteiger partial charge in [0.15, 0.2) is 27.3 Å². The van der Waals surface area contributed by atoms with Gasteiger partial charge in [-0.05, 0) is 55.7 Å². The Bertz CT molecular complexity index is 1330. The van der Waals surface area contributed by atoms with E-state index in [1.165, 1.54) is 18.2 Å². The number of nitrogens with one attached hydrogen (secondary N) is 2. The van der Waals surface area contributed by atoms with Gasteiger partial charge < -0.3 is 15.5 Å². The zero-order valence-electron chi connectivity index (χ0n) is 19.3. The largest absolute Gasteiger partial charge is 0.370 e. The summed E-state index contributed by atoms with van der Waals surface area (Å²) in [5.41, 5.74) is -0.351. The first-order valence-electron chi connectivity index (χ1n) is 11.7. The number of amides is 1. The molecule has 0 saturated heterocycles. The van der Waals surface area contributed by atoms with E-state index in [0.717, 1.165) is 19.3 Å². The van der Waals surface area contributed by atoms with Gasteiger partial charge in [-0.2, -0.15) is 0 Å². The van der Waals surface area contributed by atoms with Crippen molar-refractivity contribution < 1.29 is 26.4 Å². The molecule has 11 heteroatoms. The van der Waals surface area contributed by atoms with Crippen LogP contribution >= 0.6 is 11.6 Å². The molecule has 2 bridgehead atoms. The number of benzene rings is 2. The smallest absolute Gasteiger partial charge is 0.255 e. The average molecular weight is 540 g/mol. The van der Waals surface area contributed by atoms with Gasteiger partial charge in [-0.1, -0.05) is 11.6 Å². The second kappa shape index (κ2) is 9.30. The maximum absolute atomic E-state index is 13.8. The van der Waals surface area contributed by atoms with Crippen LogP contribution in [0.15, 0.2) is 47.6 Å². The number of carbonyl (C=O) groups excluding carboxylic acids is 1. The quantitative estimate of drug-likeness (QED) is 0.527. The number of anilines is 1. The molecule has 2 aromatic rings. The fourth-order valence-electron chi connectivity index (χ4n) is 5.94. The number of sulfone groups is 1. The molecule has 0 aromatic heterocycles. The van der Waals surface area contributed by atoms with Crippen LogP contribution in [0.3, 0.4) is 0 Å². The normalized spacial score (nSPS) is 27.2. The lowest BCUT2D eigenvalue weighted by Crippen LogP contribution is -2.52. The zero-order valence-corrected chi connectivity index (χ0v) is 20.9. The van der Waals surface area contributed by atoms with Gasteiger partial charge in [0.1, 0.15) is 6.17 Å². The number of hydrogen-bond acceptors (Lipinski definition) is 5. The maximum Gasteiger partial charge on any atom is 0.255 e. The molecular weight excluding hydrogens is 515 g/mol. The van der Waals surface area contributed by atoms with Crippen LogP contribution in [0.4, 0.5) is 18.9 Å². The molecule has 4 aliphatic rings. The van der Waals surface area contributed by atoms with Crippen molar-refractivity contribution in [2.45, 2.75) is 42.0 Å². The average Bonchev–Trinajstić information content (AvgIpc) is 3.28. The van der Waals surface area contributed by atoms with Crippen LogP contribution in [0.5, 0.6) is 0 Å². The molecule has 1 amide bonds. The van der Waals surface area contributed by atoms with Crippen molar-refractivity contribution in [1.29, 1.82) is 0 Å². The van der Waals surface area contributed by atoms with Gasteiger partial charge >= 0.3 is 0 Å². The lowest BCUT2D eigenvalue weighted by atomic mass is 9.63. The minimum atomic E-state index is -3.86. The highest BCUT2D eigenvalue weighted by Crippen LogP contribution is 2.50. The Morgan fingerprint density at radius 2 is 1.78 bits per heavy atom. The van der Waals surface area contributed by atoms with E-state index in [0.29, 0.717) is 24.5 Å². The first kappa shape index (κ1) is 25.0. The number of nitrogens with zero attached hydrogens (tertiary/aromatic N) is 1. The highest BCUT2D eigenvalue weighted by molar-refractivity contribution is 7.92. The van der Waals surface area contributed by atoms with Gasteiger partial charge in [-0.15, -0.1) is 0 Å². The van der Waals surface area contributed by atoms with Crippen molar-refractivity contribution >= 4 is 33.0 Å². The summed E-state index contributed by atoms with van der Waals surface area (Å²) >= 11 is 6.30. The molecule has 1 aliphatic heterocycles. The third kappa shape index (κ3) is 4.34. The maximum atomic E-state index is 13.8. The van der Waals surface area contributed by atoms with E-state index < -0.39 is 38.4 Å². The van der Waals surface area contributed by atoms with Gasteiger partial charge in [0.2, 0.25) is 0 Å². The first-order valence-corrected chi connectivity index (χ1v) is 13.6. The van der Waals surface area contributed by atoms with Crippen molar-refractivity contribution in [3.63, 3.8) is 0 Å². The molecule has 3 saturated carbocycles. The van der Waals surface area contributed by atoms with Crippen molar-refractivity contribution in [1.82, 2.24) is 10.2 Å². The monoisotopic (exact) mass is 539 g/mol. The summed E-state index contributed by atoms with van der Waals surface area (Å²) in [4.78, 5) is 14.7. The van der Waals surface area contributed by atoms with Crippen LogP contribution in [0.1, 0.15) is 36.0 Å². The van der Waals surface area contributed by atoms with Crippen LogP contribution in [-0.4, -0.2) is 37.7 Å². The minimum absolute atomic E-state index is 0.00445. The van der Waals surface area contributed by atoms with E-state index >= 15 is 0 Å². The van der Waals surface area contributed by atoms with Crippen LogP contribution in [-0.2, 0) is 9.84 Å². The molecule has 6 rings (SSSR count). The van der Waals surface area contributed by atoms with Gasteiger partial charge in [0.05, 0.1) is 15.2 Å². The fraction of sp³-hybridized carbons (Fsp3) is 0.400. The molecule has 2 N–H and O–H groups in total. The van der Waals surface area contributed by atoms with E-state index in [9.17, 15) is 26.4 Å². The first-order chi connectivity index (χ1) is 17.1. The third-order valence-corrected chi connectivity index (χ3v) is 10.5. The van der Waals surface area contributed by atoms with Crippen LogP contribution < -0.4 is 10.6 Å². The summed E-state index contributed by atoms with van der Waals surface area (Å²) in [5, 5.41) is 5.04. The molecule has 0 spiro atoms. The molecule has 3 unspecified atom stereocenters. The topological polar surface area (TPSA) is 78.5 Å². The van der Waals surface area contributed by atoms with E-state index in [1.807, 2.05) is 19.4 Å². The number of rotatable bonds is 5. The van der Waals surface area contributed by atoms with Crippen LogP contribution in [0.2, 0.25) is 5.02 Å². The zero-order chi connectivity index (χ0) is 25.8. The Hall–Kier alpha value is -2.72. The minimum Gasteiger partial charge on any atom is -0.370 e. The number of halogens is 4. The molecule has 192 valence electrons. The highest BCUT2D eigenvalue weighted by Gasteiger charge is 2.50.